The molecule has 1 amide bonds. The molecule has 0 aromatic carbocycles. The molecule has 1 atom stereocenters. The topological polar surface area (TPSA) is 80.9 Å². The second-order valence-electron chi connectivity index (χ2n) is 4.58. The van der Waals surface area contributed by atoms with E-state index < -0.39 is 0 Å². The van der Waals surface area contributed by atoms with Crippen LogP contribution in [0.2, 0.25) is 0 Å². The van der Waals surface area contributed by atoms with Gasteiger partial charge in [-0.25, -0.2) is 9.97 Å². The number of aromatic nitrogens is 2. The van der Waals surface area contributed by atoms with Gasteiger partial charge in [0, 0.05) is 4.88 Å². The van der Waals surface area contributed by atoms with Crippen LogP contribution in [0.1, 0.15) is 45.5 Å². The molecular formula is C14H18N4OS. The Balaban J connectivity index is 2.16. The van der Waals surface area contributed by atoms with Gasteiger partial charge in [0.15, 0.2) is 0 Å². The summed E-state index contributed by atoms with van der Waals surface area (Å²) in [6.45, 7) is 6.03. The number of nitrogen functional groups attached to an aromatic ring is 1. The molecule has 0 bridgehead atoms. The highest BCUT2D eigenvalue weighted by Crippen LogP contribution is 2.25. The van der Waals surface area contributed by atoms with Gasteiger partial charge in [0.2, 0.25) is 0 Å². The van der Waals surface area contributed by atoms with Crippen molar-refractivity contribution in [3.8, 4) is 0 Å². The second-order valence-corrected chi connectivity index (χ2v) is 5.81. The number of carbonyl (C=O) groups is 1. The largest absolute Gasteiger partial charge is 0.384 e. The number of anilines is 1. The van der Waals surface area contributed by atoms with E-state index in [0.717, 1.165) is 17.1 Å². The van der Waals surface area contributed by atoms with Crippen molar-refractivity contribution in [2.45, 2.75) is 33.2 Å². The van der Waals surface area contributed by atoms with Gasteiger partial charge < -0.3 is 11.1 Å². The first kappa shape index (κ1) is 14.5. The maximum absolute atomic E-state index is 12.2. The SMILES string of the molecule is CC[C@@H](NC(=O)c1cccc(N)n1)c1nc(C)c(C)s1. The molecule has 2 aromatic rings. The van der Waals surface area contributed by atoms with Crippen LogP contribution < -0.4 is 11.1 Å². The molecule has 0 fully saturated rings. The molecule has 0 radical (unpaired) electrons. The van der Waals surface area contributed by atoms with E-state index in [1.54, 1.807) is 29.5 Å². The number of amides is 1. The van der Waals surface area contributed by atoms with Crippen molar-refractivity contribution in [1.29, 1.82) is 0 Å². The summed E-state index contributed by atoms with van der Waals surface area (Å²) in [6.07, 6.45) is 0.778. The smallest absolute Gasteiger partial charge is 0.270 e. The van der Waals surface area contributed by atoms with Crippen molar-refractivity contribution in [3.63, 3.8) is 0 Å². The first-order valence-corrected chi connectivity index (χ1v) is 7.30. The lowest BCUT2D eigenvalue weighted by molar-refractivity contribution is 0.0930. The van der Waals surface area contributed by atoms with Gasteiger partial charge in [0.1, 0.15) is 16.5 Å². The van der Waals surface area contributed by atoms with Crippen LogP contribution in [0.4, 0.5) is 5.82 Å². The molecule has 0 aliphatic rings. The third-order valence-corrected chi connectivity index (χ3v) is 4.25. The standard InChI is InChI=1S/C14H18N4OS/c1-4-10(14-16-8(2)9(3)20-14)18-13(19)11-6-5-7-12(15)17-11/h5-7,10H,4H2,1-3H3,(H2,15,17)(H,18,19)/t10-/m1/s1. The van der Waals surface area contributed by atoms with Crippen molar-refractivity contribution in [3.05, 3.63) is 39.5 Å². The number of rotatable bonds is 4. The molecule has 0 saturated carbocycles. The van der Waals surface area contributed by atoms with Crippen molar-refractivity contribution in [2.75, 3.05) is 5.73 Å². The maximum atomic E-state index is 12.2. The molecule has 3 N–H and O–H groups in total. The molecule has 0 aliphatic carbocycles. The van der Waals surface area contributed by atoms with Crippen LogP contribution in [0, 0.1) is 13.8 Å². The van der Waals surface area contributed by atoms with E-state index in [4.69, 9.17) is 5.73 Å². The van der Waals surface area contributed by atoms with Crippen LogP contribution in [0.15, 0.2) is 18.2 Å². The Morgan fingerprint density at radius 2 is 2.15 bits per heavy atom. The Labute approximate surface area is 122 Å². The van der Waals surface area contributed by atoms with Gasteiger partial charge in [-0.1, -0.05) is 13.0 Å². The lowest BCUT2D eigenvalue weighted by Gasteiger charge is -2.14. The number of carbonyl (C=O) groups excluding carboxylic acids is 1. The van der Waals surface area contributed by atoms with Crippen LogP contribution in [0.3, 0.4) is 0 Å². The van der Waals surface area contributed by atoms with Crippen molar-refractivity contribution < 1.29 is 4.79 Å². The maximum Gasteiger partial charge on any atom is 0.270 e. The van der Waals surface area contributed by atoms with Gasteiger partial charge in [-0.05, 0) is 32.4 Å². The number of nitrogens with two attached hydrogens (primary N) is 1. The zero-order chi connectivity index (χ0) is 14.7. The van der Waals surface area contributed by atoms with Gasteiger partial charge in [0.05, 0.1) is 11.7 Å². The molecule has 0 aliphatic heterocycles. The number of nitrogens with one attached hydrogen (secondary N) is 1. The zero-order valence-corrected chi connectivity index (χ0v) is 12.6. The number of hydrogen-bond acceptors (Lipinski definition) is 5. The molecule has 20 heavy (non-hydrogen) atoms. The summed E-state index contributed by atoms with van der Waals surface area (Å²) in [5.41, 5.74) is 6.93. The highest BCUT2D eigenvalue weighted by molar-refractivity contribution is 7.11. The van der Waals surface area contributed by atoms with Crippen LogP contribution in [-0.4, -0.2) is 15.9 Å². The average Bonchev–Trinajstić information content (AvgIpc) is 2.75. The van der Waals surface area contributed by atoms with Crippen molar-refractivity contribution >= 4 is 23.1 Å². The molecular weight excluding hydrogens is 272 g/mol. The number of nitrogens with zero attached hydrogens (tertiary/aromatic N) is 2. The normalized spacial score (nSPS) is 12.2. The average molecular weight is 290 g/mol. The lowest BCUT2D eigenvalue weighted by Crippen LogP contribution is -2.29. The van der Waals surface area contributed by atoms with Crippen molar-refractivity contribution in [1.82, 2.24) is 15.3 Å². The van der Waals surface area contributed by atoms with Gasteiger partial charge in [0.25, 0.3) is 5.91 Å². The number of thiazole rings is 1. The highest BCUT2D eigenvalue weighted by Gasteiger charge is 2.18. The lowest BCUT2D eigenvalue weighted by atomic mass is 10.2. The Morgan fingerprint density at radius 1 is 1.40 bits per heavy atom. The fourth-order valence-electron chi connectivity index (χ4n) is 1.80. The minimum Gasteiger partial charge on any atom is -0.384 e. The third-order valence-electron chi connectivity index (χ3n) is 3.06. The first-order valence-electron chi connectivity index (χ1n) is 6.48. The van der Waals surface area contributed by atoms with Crippen LogP contribution >= 0.6 is 11.3 Å². The predicted octanol–water partition coefficient (Wildman–Crippen LogP) is 2.62. The van der Waals surface area contributed by atoms with Crippen LogP contribution in [-0.2, 0) is 0 Å². The van der Waals surface area contributed by atoms with E-state index in [9.17, 15) is 4.79 Å². The van der Waals surface area contributed by atoms with Gasteiger partial charge >= 0.3 is 0 Å². The Kier molecular flexibility index (Phi) is 4.34. The fraction of sp³-hybridized carbons (Fsp3) is 0.357. The minimum atomic E-state index is -0.227. The van der Waals surface area contributed by atoms with E-state index in [1.165, 1.54) is 4.88 Å². The number of pyridine rings is 1. The van der Waals surface area contributed by atoms with Gasteiger partial charge in [-0.3, -0.25) is 4.79 Å². The van der Waals surface area contributed by atoms with Gasteiger partial charge in [-0.15, -0.1) is 11.3 Å². The van der Waals surface area contributed by atoms with Crippen molar-refractivity contribution in [2.24, 2.45) is 0 Å². The summed E-state index contributed by atoms with van der Waals surface area (Å²) in [7, 11) is 0. The Hall–Kier alpha value is -1.95. The summed E-state index contributed by atoms with van der Waals surface area (Å²) in [6, 6.07) is 4.93. The summed E-state index contributed by atoms with van der Waals surface area (Å²) in [5, 5.41) is 3.89. The Bertz CT molecular complexity index is 604. The molecule has 2 rings (SSSR count). The zero-order valence-electron chi connectivity index (χ0n) is 11.8. The summed E-state index contributed by atoms with van der Waals surface area (Å²) in [4.78, 5) is 21.9. The van der Waals surface area contributed by atoms with E-state index in [2.05, 4.69) is 15.3 Å². The summed E-state index contributed by atoms with van der Waals surface area (Å²) >= 11 is 1.62. The third kappa shape index (κ3) is 3.14. The minimum absolute atomic E-state index is 0.0943. The first-order chi connectivity index (χ1) is 9.51. The van der Waals surface area contributed by atoms with Gasteiger partial charge in [-0.2, -0.15) is 0 Å². The summed E-state index contributed by atoms with van der Waals surface area (Å²) < 4.78 is 0. The van der Waals surface area contributed by atoms with E-state index in [0.29, 0.717) is 11.5 Å². The molecule has 6 heteroatoms. The van der Waals surface area contributed by atoms with E-state index in [-0.39, 0.29) is 11.9 Å². The van der Waals surface area contributed by atoms with Crippen LogP contribution in [0.5, 0.6) is 0 Å². The Morgan fingerprint density at radius 3 is 2.70 bits per heavy atom. The molecule has 0 spiro atoms. The quantitative estimate of drug-likeness (QED) is 0.907. The second kappa shape index (κ2) is 6.00. The van der Waals surface area contributed by atoms with Crippen LogP contribution in [0.25, 0.3) is 0 Å². The molecule has 0 unspecified atom stereocenters. The molecule has 106 valence electrons. The number of hydrogen-bond donors (Lipinski definition) is 2. The molecule has 2 aromatic heterocycles. The molecule has 2 heterocycles. The fourth-order valence-corrected chi connectivity index (χ4v) is 2.85. The molecule has 0 saturated heterocycles. The monoisotopic (exact) mass is 290 g/mol. The van der Waals surface area contributed by atoms with E-state index in [1.807, 2.05) is 20.8 Å². The van der Waals surface area contributed by atoms with E-state index >= 15 is 0 Å². The number of aryl methyl sites for hydroxylation is 2. The predicted molar refractivity (Wildman–Crippen MR) is 80.7 cm³/mol. The highest BCUT2D eigenvalue weighted by atomic mass is 32.1. The molecule has 5 nitrogen and oxygen atoms in total. The summed E-state index contributed by atoms with van der Waals surface area (Å²) in [5.74, 6) is 0.112.